The number of rotatable bonds is 4. The fourth-order valence-corrected chi connectivity index (χ4v) is 3.73. The first kappa shape index (κ1) is 20.4. The molecule has 9 heteroatoms. The topological polar surface area (TPSA) is 98.2 Å². The number of nitrogens with zero attached hydrogens (tertiary/aromatic N) is 2. The molecule has 0 spiro atoms. The molecule has 0 bridgehead atoms. The number of anilines is 1. The highest BCUT2D eigenvalue weighted by molar-refractivity contribution is 6.27. The second-order valence-corrected chi connectivity index (χ2v) is 7.07. The Balaban J connectivity index is 2.06. The summed E-state index contributed by atoms with van der Waals surface area (Å²) in [5, 5.41) is 10.0. The quantitative estimate of drug-likeness (QED) is 0.647. The van der Waals surface area contributed by atoms with Gasteiger partial charge in [-0.15, -0.1) is 0 Å². The minimum absolute atomic E-state index is 0.0214. The number of alkyl halides is 3. The number of fused-ring (bicyclic) bond motifs is 1. The molecule has 3 N–H and O–H groups in total. The molecule has 1 aliphatic rings. The van der Waals surface area contributed by atoms with Crippen molar-refractivity contribution in [3.63, 3.8) is 0 Å². The molecule has 158 valence electrons. The number of ketones is 1. The summed E-state index contributed by atoms with van der Waals surface area (Å²) in [7, 11) is 0. The van der Waals surface area contributed by atoms with Gasteiger partial charge in [0.05, 0.1) is 5.56 Å². The number of nitrogens with two attached hydrogens (primary N) is 1. The molecule has 0 unspecified atom stereocenters. The lowest BCUT2D eigenvalue weighted by molar-refractivity contribution is -0.137. The smallest absolute Gasteiger partial charge is 0.416 e. The molecule has 0 amide bonds. The van der Waals surface area contributed by atoms with Crippen LogP contribution in [0, 0.1) is 0 Å². The van der Waals surface area contributed by atoms with Gasteiger partial charge >= 0.3 is 12.1 Å². The number of carbonyl (C=O) groups is 2. The highest BCUT2D eigenvalue weighted by Gasteiger charge is 2.33. The van der Waals surface area contributed by atoms with E-state index in [1.807, 2.05) is 0 Å². The van der Waals surface area contributed by atoms with Crippen LogP contribution in [0.3, 0.4) is 0 Å². The number of carboxylic acid groups (broad SMARTS) is 1. The normalized spacial score (nSPS) is 14.2. The van der Waals surface area contributed by atoms with Crippen LogP contribution in [0.2, 0.25) is 0 Å². The number of hydrogen-bond donors (Lipinski definition) is 2. The van der Waals surface area contributed by atoms with Gasteiger partial charge in [0.2, 0.25) is 0 Å². The molecule has 0 atom stereocenters. The number of aromatic carboxylic acids is 1. The van der Waals surface area contributed by atoms with Crippen molar-refractivity contribution in [3.8, 4) is 0 Å². The van der Waals surface area contributed by atoms with Crippen LogP contribution in [-0.4, -0.2) is 26.4 Å². The highest BCUT2D eigenvalue weighted by atomic mass is 19.4. The van der Waals surface area contributed by atoms with Gasteiger partial charge in [0.15, 0.2) is 5.78 Å². The fourth-order valence-electron chi connectivity index (χ4n) is 3.73. The van der Waals surface area contributed by atoms with Crippen molar-refractivity contribution in [1.29, 1.82) is 0 Å². The van der Waals surface area contributed by atoms with Gasteiger partial charge in [-0.3, -0.25) is 4.79 Å². The zero-order valence-electron chi connectivity index (χ0n) is 16.0. The number of carboxylic acids is 1. The van der Waals surface area contributed by atoms with Crippen molar-refractivity contribution in [2.45, 2.75) is 19.1 Å². The zero-order chi connectivity index (χ0) is 22.3. The lowest BCUT2D eigenvalue weighted by Crippen LogP contribution is -2.13. The molecule has 0 radical (unpaired) electrons. The molecule has 0 aliphatic heterocycles. The molecule has 0 saturated carbocycles. The Bertz CT molecular complexity index is 1290. The number of benzene rings is 1. The van der Waals surface area contributed by atoms with Gasteiger partial charge in [-0.25, -0.2) is 9.78 Å². The highest BCUT2D eigenvalue weighted by Crippen LogP contribution is 2.38. The third-order valence-corrected chi connectivity index (χ3v) is 5.05. The molecule has 0 saturated heterocycles. The van der Waals surface area contributed by atoms with E-state index < -0.39 is 17.7 Å². The van der Waals surface area contributed by atoms with Crippen LogP contribution in [0.15, 0.2) is 54.8 Å². The van der Waals surface area contributed by atoms with Gasteiger partial charge in [0.25, 0.3) is 0 Å². The summed E-state index contributed by atoms with van der Waals surface area (Å²) in [5.74, 6) is -1.50. The van der Waals surface area contributed by atoms with Gasteiger partial charge in [-0.2, -0.15) is 13.2 Å². The molecule has 4 rings (SSSR count). The van der Waals surface area contributed by atoms with Gasteiger partial charge in [-0.1, -0.05) is 18.2 Å². The molecule has 31 heavy (non-hydrogen) atoms. The standard InChI is InChI=1S/C22H16F3N3O3/c23-22(24,25)13-5-6-16-15(10-13)19(14-3-1-2-4-17(14)29)20(21(30)31)28(16)11-12-7-8-27-18(26)9-12/h1-3,5-10H,4,11H2,(H2,26,27)(H,30,31). The lowest BCUT2D eigenvalue weighted by Gasteiger charge is -2.11. The van der Waals surface area contributed by atoms with E-state index in [1.54, 1.807) is 24.3 Å². The average molecular weight is 427 g/mol. The summed E-state index contributed by atoms with van der Waals surface area (Å²) in [5.41, 5.74) is 5.44. The predicted octanol–water partition coefficient (Wildman–Crippen LogP) is 4.30. The van der Waals surface area contributed by atoms with Crippen LogP contribution in [-0.2, 0) is 17.5 Å². The number of hydrogen-bond acceptors (Lipinski definition) is 4. The van der Waals surface area contributed by atoms with Crippen LogP contribution >= 0.6 is 0 Å². The molecule has 2 heterocycles. The van der Waals surface area contributed by atoms with Crippen LogP contribution in [0.4, 0.5) is 19.0 Å². The number of pyridine rings is 1. The summed E-state index contributed by atoms with van der Waals surface area (Å²) in [6.45, 7) is 0.0214. The lowest BCUT2D eigenvalue weighted by atomic mass is 9.93. The number of halogens is 3. The van der Waals surface area contributed by atoms with E-state index in [-0.39, 0.29) is 52.3 Å². The van der Waals surface area contributed by atoms with E-state index in [9.17, 15) is 27.9 Å². The Morgan fingerprint density at radius 1 is 1.23 bits per heavy atom. The van der Waals surface area contributed by atoms with E-state index in [0.29, 0.717) is 5.56 Å². The van der Waals surface area contributed by atoms with Crippen LogP contribution in [0.25, 0.3) is 16.5 Å². The Hall–Kier alpha value is -3.88. The number of allylic oxidation sites excluding steroid dienone is 4. The zero-order valence-corrected chi connectivity index (χ0v) is 16.0. The Morgan fingerprint density at radius 2 is 2.00 bits per heavy atom. The van der Waals surface area contributed by atoms with E-state index >= 15 is 0 Å². The van der Waals surface area contributed by atoms with Crippen LogP contribution < -0.4 is 5.73 Å². The maximum Gasteiger partial charge on any atom is 0.416 e. The molecule has 3 aromatic rings. The van der Waals surface area contributed by atoms with Crippen LogP contribution in [0.1, 0.15) is 33.6 Å². The minimum Gasteiger partial charge on any atom is -0.477 e. The molecule has 0 fully saturated rings. The number of Topliss-reactive ketones (excluding diaryl/α,β-unsaturated/α-hetero) is 1. The second kappa shape index (κ2) is 7.42. The molecular formula is C22H16F3N3O3. The maximum atomic E-state index is 13.4. The molecule has 2 aromatic heterocycles. The van der Waals surface area contributed by atoms with Crippen molar-refractivity contribution in [1.82, 2.24) is 9.55 Å². The van der Waals surface area contributed by atoms with Crippen molar-refractivity contribution >= 4 is 34.0 Å². The summed E-state index contributed by atoms with van der Waals surface area (Å²) in [4.78, 5) is 28.7. The third-order valence-electron chi connectivity index (χ3n) is 5.05. The predicted molar refractivity (Wildman–Crippen MR) is 108 cm³/mol. The number of nitrogen functional groups attached to an aromatic ring is 1. The van der Waals surface area contributed by atoms with Gasteiger partial charge < -0.3 is 15.4 Å². The van der Waals surface area contributed by atoms with Gasteiger partial charge in [0, 0.05) is 41.2 Å². The number of carbonyl (C=O) groups excluding carboxylic acids is 1. The van der Waals surface area contributed by atoms with Crippen molar-refractivity contribution < 1.29 is 27.9 Å². The van der Waals surface area contributed by atoms with E-state index in [2.05, 4.69) is 4.98 Å². The average Bonchev–Trinajstić information content (AvgIpc) is 3.01. The first-order chi connectivity index (χ1) is 14.7. The summed E-state index contributed by atoms with van der Waals surface area (Å²) < 4.78 is 41.5. The Morgan fingerprint density at radius 3 is 2.65 bits per heavy atom. The first-order valence-electron chi connectivity index (χ1n) is 9.24. The van der Waals surface area contributed by atoms with Crippen molar-refractivity contribution in [2.75, 3.05) is 5.73 Å². The maximum absolute atomic E-state index is 13.4. The third kappa shape index (κ3) is 3.70. The number of aromatic nitrogens is 2. The fraction of sp³-hybridized carbons (Fsp3) is 0.136. The Labute approximate surface area is 174 Å². The Kier molecular flexibility index (Phi) is 4.88. The monoisotopic (exact) mass is 427 g/mol. The summed E-state index contributed by atoms with van der Waals surface area (Å²) in [6, 6.07) is 6.19. The van der Waals surface area contributed by atoms with Crippen molar-refractivity contribution in [2.24, 2.45) is 0 Å². The molecular weight excluding hydrogens is 411 g/mol. The summed E-state index contributed by atoms with van der Waals surface area (Å²) >= 11 is 0. The van der Waals surface area contributed by atoms with E-state index in [1.165, 1.54) is 22.9 Å². The minimum atomic E-state index is -4.62. The molecule has 6 nitrogen and oxygen atoms in total. The van der Waals surface area contributed by atoms with Gasteiger partial charge in [0.1, 0.15) is 11.5 Å². The SMILES string of the molecule is Nc1cc(Cn2c(C(=O)O)c(C3=CC=CCC3=O)c3cc(C(F)(F)F)ccc32)ccn1. The van der Waals surface area contributed by atoms with Crippen molar-refractivity contribution in [3.05, 3.63) is 77.1 Å². The molecule has 1 aliphatic carbocycles. The molecule has 1 aromatic carbocycles. The van der Waals surface area contributed by atoms with E-state index in [4.69, 9.17) is 5.73 Å². The van der Waals surface area contributed by atoms with Gasteiger partial charge in [-0.05, 0) is 35.9 Å². The van der Waals surface area contributed by atoms with Crippen LogP contribution in [0.5, 0.6) is 0 Å². The van der Waals surface area contributed by atoms with E-state index in [0.717, 1.165) is 12.1 Å². The summed E-state index contributed by atoms with van der Waals surface area (Å²) in [6.07, 6.45) is 1.49. The largest absolute Gasteiger partial charge is 0.477 e. The first-order valence-corrected chi connectivity index (χ1v) is 9.24. The second-order valence-electron chi connectivity index (χ2n) is 7.07.